The first-order valence-corrected chi connectivity index (χ1v) is 8.75. The second-order valence-corrected chi connectivity index (χ2v) is 6.45. The van der Waals surface area contributed by atoms with Crippen molar-refractivity contribution in [3.8, 4) is 0 Å². The van der Waals surface area contributed by atoms with E-state index in [-0.39, 0.29) is 5.91 Å². The van der Waals surface area contributed by atoms with Crippen molar-refractivity contribution in [2.45, 2.75) is 38.4 Å². The van der Waals surface area contributed by atoms with E-state index in [0.29, 0.717) is 44.8 Å². The van der Waals surface area contributed by atoms with Gasteiger partial charge < -0.3 is 19.3 Å². The van der Waals surface area contributed by atoms with Crippen molar-refractivity contribution in [2.24, 2.45) is 0 Å². The summed E-state index contributed by atoms with van der Waals surface area (Å²) in [6.07, 6.45) is 3.67. The molecule has 0 saturated carbocycles. The van der Waals surface area contributed by atoms with Gasteiger partial charge in [0, 0.05) is 39.5 Å². The van der Waals surface area contributed by atoms with Gasteiger partial charge in [-0.05, 0) is 18.6 Å². The van der Waals surface area contributed by atoms with Crippen LogP contribution in [-0.4, -0.2) is 66.7 Å². The summed E-state index contributed by atoms with van der Waals surface area (Å²) in [5.41, 5.74) is 0.395. The lowest BCUT2D eigenvalue weighted by atomic mass is 10.0. The maximum absolute atomic E-state index is 12.6. The first-order valence-electron chi connectivity index (χ1n) is 8.75. The molecular formula is C17H26N4O3. The zero-order chi connectivity index (χ0) is 17.0. The molecule has 0 atom stereocenters. The van der Waals surface area contributed by atoms with Gasteiger partial charge in [0.05, 0.1) is 13.2 Å². The standard InChI is InChI=1S/C17H26N4O3/c1-3-4-9-20(2)15-6-5-14(18-19-15)16(22)21-10-7-17(8-11-21)23-12-13-24-17/h5-6H,3-4,7-13H2,1-2H3. The lowest BCUT2D eigenvalue weighted by Gasteiger charge is -2.37. The van der Waals surface area contributed by atoms with E-state index in [4.69, 9.17) is 9.47 Å². The average molecular weight is 334 g/mol. The Balaban J connectivity index is 1.57. The largest absolute Gasteiger partial charge is 0.358 e. The first kappa shape index (κ1) is 17.1. The zero-order valence-electron chi connectivity index (χ0n) is 14.5. The summed E-state index contributed by atoms with van der Waals surface area (Å²) in [6.45, 7) is 5.63. The molecule has 0 radical (unpaired) electrons. The first-order chi connectivity index (χ1) is 11.6. The number of likely N-dealkylation sites (tertiary alicyclic amines) is 1. The summed E-state index contributed by atoms with van der Waals surface area (Å²) in [5.74, 6) is 0.261. The van der Waals surface area contributed by atoms with E-state index in [9.17, 15) is 4.79 Å². The van der Waals surface area contributed by atoms with E-state index in [1.807, 2.05) is 13.1 Å². The number of hydrogen-bond acceptors (Lipinski definition) is 6. The fraction of sp³-hybridized carbons (Fsp3) is 0.706. The van der Waals surface area contributed by atoms with Crippen LogP contribution in [0.4, 0.5) is 5.82 Å². The molecule has 3 heterocycles. The molecule has 0 N–H and O–H groups in total. The highest BCUT2D eigenvalue weighted by Gasteiger charge is 2.41. The molecule has 0 unspecified atom stereocenters. The van der Waals surface area contributed by atoms with Gasteiger partial charge in [-0.15, -0.1) is 10.2 Å². The molecule has 2 saturated heterocycles. The van der Waals surface area contributed by atoms with Gasteiger partial charge in [0.1, 0.15) is 0 Å². The second-order valence-electron chi connectivity index (χ2n) is 6.45. The Labute approximate surface area is 142 Å². The number of ether oxygens (including phenoxy) is 2. The maximum Gasteiger partial charge on any atom is 0.274 e. The lowest BCUT2D eigenvalue weighted by molar-refractivity contribution is -0.181. The number of carbonyl (C=O) groups excluding carboxylic acids is 1. The van der Waals surface area contributed by atoms with Crippen LogP contribution in [0.25, 0.3) is 0 Å². The quantitative estimate of drug-likeness (QED) is 0.816. The van der Waals surface area contributed by atoms with E-state index in [1.54, 1.807) is 11.0 Å². The third-order valence-corrected chi connectivity index (χ3v) is 4.73. The zero-order valence-corrected chi connectivity index (χ0v) is 14.5. The summed E-state index contributed by atoms with van der Waals surface area (Å²) >= 11 is 0. The van der Waals surface area contributed by atoms with E-state index >= 15 is 0 Å². The molecule has 7 heteroatoms. The number of hydrogen-bond donors (Lipinski definition) is 0. The average Bonchev–Trinajstić information content (AvgIpc) is 3.08. The maximum atomic E-state index is 12.6. The number of unbranched alkanes of at least 4 members (excludes halogenated alkanes) is 1. The minimum atomic E-state index is -0.464. The number of anilines is 1. The van der Waals surface area contributed by atoms with E-state index in [2.05, 4.69) is 22.0 Å². The lowest BCUT2D eigenvalue weighted by Crippen LogP contribution is -2.47. The normalized spacial score (nSPS) is 19.7. The van der Waals surface area contributed by atoms with Crippen molar-refractivity contribution in [3.05, 3.63) is 17.8 Å². The summed E-state index contributed by atoms with van der Waals surface area (Å²) in [5, 5.41) is 8.32. The Morgan fingerprint density at radius 2 is 1.96 bits per heavy atom. The molecule has 1 amide bonds. The molecule has 2 fully saturated rings. The summed E-state index contributed by atoms with van der Waals surface area (Å²) in [6, 6.07) is 3.63. The van der Waals surface area contributed by atoms with Gasteiger partial charge in [-0.3, -0.25) is 4.79 Å². The molecule has 2 aliphatic heterocycles. The van der Waals surface area contributed by atoms with Crippen LogP contribution in [0.1, 0.15) is 43.1 Å². The molecular weight excluding hydrogens is 308 g/mol. The predicted octanol–water partition coefficient (Wildman–Crippen LogP) is 1.69. The monoisotopic (exact) mass is 334 g/mol. The fourth-order valence-corrected chi connectivity index (χ4v) is 3.15. The molecule has 24 heavy (non-hydrogen) atoms. The Kier molecular flexibility index (Phi) is 5.30. The van der Waals surface area contributed by atoms with Gasteiger partial charge >= 0.3 is 0 Å². The van der Waals surface area contributed by atoms with Crippen LogP contribution in [-0.2, 0) is 9.47 Å². The number of piperidine rings is 1. The van der Waals surface area contributed by atoms with Gasteiger partial charge in [0.15, 0.2) is 17.3 Å². The molecule has 132 valence electrons. The number of amides is 1. The van der Waals surface area contributed by atoms with Crippen LogP contribution in [0.2, 0.25) is 0 Å². The summed E-state index contributed by atoms with van der Waals surface area (Å²) in [7, 11) is 1.99. The van der Waals surface area contributed by atoms with E-state index in [1.165, 1.54) is 0 Å². The second kappa shape index (κ2) is 7.44. The molecule has 3 rings (SSSR count). The molecule has 1 aromatic heterocycles. The van der Waals surface area contributed by atoms with Crippen LogP contribution in [0.15, 0.2) is 12.1 Å². The van der Waals surface area contributed by atoms with Crippen LogP contribution in [0.3, 0.4) is 0 Å². The van der Waals surface area contributed by atoms with E-state index < -0.39 is 5.79 Å². The molecule has 2 aliphatic rings. The molecule has 1 spiro atoms. The van der Waals surface area contributed by atoms with Crippen LogP contribution in [0.5, 0.6) is 0 Å². The predicted molar refractivity (Wildman–Crippen MR) is 90.0 cm³/mol. The molecule has 0 bridgehead atoms. The van der Waals surface area contributed by atoms with Crippen molar-refractivity contribution < 1.29 is 14.3 Å². The minimum Gasteiger partial charge on any atom is -0.358 e. The molecule has 0 aromatic carbocycles. The van der Waals surface area contributed by atoms with Crippen molar-refractivity contribution in [2.75, 3.05) is 44.8 Å². The number of rotatable bonds is 5. The smallest absolute Gasteiger partial charge is 0.274 e. The third-order valence-electron chi connectivity index (χ3n) is 4.73. The highest BCUT2D eigenvalue weighted by molar-refractivity contribution is 5.92. The summed E-state index contributed by atoms with van der Waals surface area (Å²) < 4.78 is 11.4. The van der Waals surface area contributed by atoms with Gasteiger partial charge in [-0.2, -0.15) is 0 Å². The Morgan fingerprint density at radius 3 is 2.54 bits per heavy atom. The summed E-state index contributed by atoms with van der Waals surface area (Å²) in [4.78, 5) is 16.5. The van der Waals surface area contributed by atoms with Gasteiger partial charge in [0.25, 0.3) is 5.91 Å². The molecule has 7 nitrogen and oxygen atoms in total. The highest BCUT2D eigenvalue weighted by atomic mass is 16.7. The Hall–Kier alpha value is -1.73. The SMILES string of the molecule is CCCCN(C)c1ccc(C(=O)N2CCC3(CC2)OCCO3)nn1. The Bertz CT molecular complexity index is 547. The topological polar surface area (TPSA) is 67.8 Å². The molecule has 1 aromatic rings. The van der Waals surface area contributed by atoms with Crippen molar-refractivity contribution in [1.82, 2.24) is 15.1 Å². The number of nitrogens with zero attached hydrogens (tertiary/aromatic N) is 4. The third kappa shape index (κ3) is 3.67. The highest BCUT2D eigenvalue weighted by Crippen LogP contribution is 2.31. The van der Waals surface area contributed by atoms with Crippen molar-refractivity contribution >= 4 is 11.7 Å². The molecule has 0 aliphatic carbocycles. The van der Waals surface area contributed by atoms with Crippen LogP contribution < -0.4 is 4.90 Å². The number of carbonyl (C=O) groups is 1. The minimum absolute atomic E-state index is 0.0712. The van der Waals surface area contributed by atoms with Gasteiger partial charge in [-0.25, -0.2) is 0 Å². The van der Waals surface area contributed by atoms with Crippen molar-refractivity contribution in [1.29, 1.82) is 0 Å². The van der Waals surface area contributed by atoms with E-state index in [0.717, 1.165) is 25.2 Å². The Morgan fingerprint density at radius 1 is 1.25 bits per heavy atom. The van der Waals surface area contributed by atoms with Gasteiger partial charge in [-0.1, -0.05) is 13.3 Å². The number of aromatic nitrogens is 2. The van der Waals surface area contributed by atoms with Crippen LogP contribution >= 0.6 is 0 Å². The van der Waals surface area contributed by atoms with Crippen LogP contribution in [0, 0.1) is 0 Å². The fourth-order valence-electron chi connectivity index (χ4n) is 3.15. The van der Waals surface area contributed by atoms with Gasteiger partial charge in [0.2, 0.25) is 0 Å². The van der Waals surface area contributed by atoms with Crippen molar-refractivity contribution in [3.63, 3.8) is 0 Å².